The van der Waals surface area contributed by atoms with E-state index in [0.29, 0.717) is 5.56 Å². The highest BCUT2D eigenvalue weighted by Crippen LogP contribution is 2.46. The van der Waals surface area contributed by atoms with Gasteiger partial charge >= 0.3 is 5.97 Å². The van der Waals surface area contributed by atoms with E-state index in [9.17, 15) is 54.6 Å². The second kappa shape index (κ2) is 25.5. The Morgan fingerprint density at radius 2 is 1.12 bits per heavy atom. The van der Waals surface area contributed by atoms with Gasteiger partial charge in [-0.25, -0.2) is 4.79 Å². The molecule has 0 fully saturated rings. The number of phenols is 5. The van der Waals surface area contributed by atoms with Crippen molar-refractivity contribution in [3.8, 4) is 51.4 Å². The smallest absolute Gasteiger partial charge is 0.330 e. The van der Waals surface area contributed by atoms with Crippen molar-refractivity contribution >= 4 is 128 Å². The summed E-state index contributed by atoms with van der Waals surface area (Å²) in [4.78, 5) is 132. The number of ether oxygens (including phenoxy) is 1. The van der Waals surface area contributed by atoms with Crippen LogP contribution in [-0.2, 0) is 44.8 Å². The van der Waals surface area contributed by atoms with Gasteiger partial charge in [0.2, 0.25) is 41.2 Å². The molecule has 0 aliphatic carbocycles. The van der Waals surface area contributed by atoms with E-state index in [2.05, 4.69) is 31.9 Å². The van der Waals surface area contributed by atoms with Crippen LogP contribution in [-0.4, -0.2) is 108 Å². The van der Waals surface area contributed by atoms with Crippen LogP contribution >= 0.6 is 69.6 Å². The van der Waals surface area contributed by atoms with Crippen LogP contribution in [0.25, 0.3) is 11.1 Å². The number of Topliss-reactive ketones (excluding diaryl/α,β-unsaturated/α-hetero) is 1. The maximum absolute atomic E-state index is 15.8. The lowest BCUT2D eigenvalue weighted by Gasteiger charge is -2.33. The lowest BCUT2D eigenvalue weighted by Crippen LogP contribution is -2.54. The molecule has 23 nitrogen and oxygen atoms in total. The zero-order chi connectivity index (χ0) is 64.9. The van der Waals surface area contributed by atoms with Crippen LogP contribution in [0.1, 0.15) is 80.2 Å². The topological polar surface area (TPSA) is 360 Å². The molecule has 0 spiro atoms. The number of hydrogen-bond donors (Lipinski definition) is 12. The van der Waals surface area contributed by atoms with Gasteiger partial charge in [0.05, 0.1) is 36.1 Å². The van der Waals surface area contributed by atoms with Crippen LogP contribution in [0.2, 0.25) is 30.1 Å². The first-order valence-electron chi connectivity index (χ1n) is 26.6. The van der Waals surface area contributed by atoms with Crippen molar-refractivity contribution in [1.82, 2.24) is 31.5 Å². The summed E-state index contributed by atoms with van der Waals surface area (Å²) in [6.45, 7) is 0. The van der Waals surface area contributed by atoms with Crippen LogP contribution in [0.4, 0.5) is 5.69 Å². The van der Waals surface area contributed by atoms with Crippen LogP contribution < -0.4 is 36.6 Å². The zero-order valence-electron chi connectivity index (χ0n) is 45.9. The number of carbonyl (C=O) groups excluding carboxylic acids is 8. The molecule has 90 heavy (non-hydrogen) atoms. The highest BCUT2D eigenvalue weighted by molar-refractivity contribution is 6.45. The molecule has 9 bridgehead atoms. The van der Waals surface area contributed by atoms with Gasteiger partial charge in [0.1, 0.15) is 41.7 Å². The standard InChI is InChI=1S/C61H45Cl6N7O16/c1-74-43(56(83)73-48(61(88)89)24-4-7-30(75)8-5-24)12-23-2-9-31(10-3-23)90-44-21-26-13-33(50(44)77)25-6-11-32-34(54(81)68-41(32)20-25)22-42(69-59(86)49(76)29-18-39(66)53(80)40(67)19-29)55(82)70-46(27-14-35(62)51(78)36(63)15-27)57(84)71-45(26)58(85)72-47(60(74)87)28-16-37(64)52(79)38(65)17-28/h2-11,13-21,34,42-43,45-48,75,77-80H,12,22H2,1H3,(H,68,81)(H,69,86)(H,70,82)(H,71,84)(H,72,85)(H,73,83)(H,88,89)/t34-,42-,43+,45-,46-,47-,48-/m1/s1. The molecule has 0 saturated heterocycles. The molecular weight excluding hydrogens is 1300 g/mol. The Hall–Kier alpha value is -9.49. The zero-order valence-corrected chi connectivity index (χ0v) is 50.4. The number of benzene rings is 7. The molecular formula is C61H45Cl6N7O16. The average Bonchev–Trinajstić information content (AvgIpc) is 1.43. The maximum atomic E-state index is 15.8. The first kappa shape index (κ1) is 63.5. The Labute approximate surface area is 538 Å². The predicted molar refractivity (Wildman–Crippen MR) is 326 cm³/mol. The number of rotatable bonds is 9. The largest absolute Gasteiger partial charge is 0.508 e. The Morgan fingerprint density at radius 3 is 1.69 bits per heavy atom. The lowest BCUT2D eigenvalue weighted by atomic mass is 9.90. The number of ketones is 1. The van der Waals surface area contributed by atoms with Crippen LogP contribution in [0.15, 0.2) is 115 Å². The summed E-state index contributed by atoms with van der Waals surface area (Å²) < 4.78 is 6.34. The molecule has 12 N–H and O–H groups in total. The number of aliphatic carboxylic acids is 1. The Balaban J connectivity index is 1.15. The number of amides is 7. The molecule has 7 aromatic rings. The maximum Gasteiger partial charge on any atom is 0.330 e. The third-order valence-corrected chi connectivity index (χ3v) is 16.9. The molecule has 462 valence electrons. The van der Waals surface area contributed by atoms with Gasteiger partial charge in [-0.1, -0.05) is 106 Å². The molecule has 5 heterocycles. The molecule has 0 unspecified atom stereocenters. The quantitative estimate of drug-likeness (QED) is 0.0475. The number of carboxylic acids is 1. The van der Waals surface area contributed by atoms with E-state index in [0.717, 1.165) is 41.3 Å². The van der Waals surface area contributed by atoms with Gasteiger partial charge in [-0.05, 0) is 124 Å². The number of carboxylic acid groups (broad SMARTS) is 1. The molecule has 29 heteroatoms. The van der Waals surface area contributed by atoms with Crippen molar-refractivity contribution in [2.45, 2.75) is 55.0 Å². The third-order valence-electron chi connectivity index (χ3n) is 15.2. The summed E-state index contributed by atoms with van der Waals surface area (Å²) in [5.41, 5.74) is -0.375. The van der Waals surface area contributed by atoms with Crippen molar-refractivity contribution in [3.05, 3.63) is 184 Å². The van der Waals surface area contributed by atoms with E-state index >= 15 is 19.2 Å². The second-order valence-electron chi connectivity index (χ2n) is 20.9. The van der Waals surface area contributed by atoms with E-state index in [1.807, 2.05) is 0 Å². The lowest BCUT2D eigenvalue weighted by molar-refractivity contribution is -0.145. The Bertz CT molecular complexity index is 4140. The van der Waals surface area contributed by atoms with Gasteiger partial charge in [0.25, 0.3) is 5.91 Å². The fourth-order valence-electron chi connectivity index (χ4n) is 10.4. The first-order chi connectivity index (χ1) is 42.6. The number of nitrogens with one attached hydrogen (secondary N) is 6. The minimum Gasteiger partial charge on any atom is -0.508 e. The summed E-state index contributed by atoms with van der Waals surface area (Å²) >= 11 is 38.0. The summed E-state index contributed by atoms with van der Waals surface area (Å²) in [6.07, 6.45) is -0.973. The average molecular weight is 1340 g/mol. The van der Waals surface area contributed by atoms with Crippen LogP contribution in [0, 0.1) is 0 Å². The van der Waals surface area contributed by atoms with E-state index in [4.69, 9.17) is 74.3 Å². The van der Waals surface area contributed by atoms with Gasteiger partial charge in [-0.2, -0.15) is 0 Å². The monoisotopic (exact) mass is 1340 g/mol. The number of nitrogens with zero attached hydrogens (tertiary/aromatic N) is 1. The normalized spacial score (nSPS) is 19.5. The molecule has 12 rings (SSSR count). The Kier molecular flexibility index (Phi) is 18.0. The van der Waals surface area contributed by atoms with Crippen LogP contribution in [0.5, 0.6) is 40.2 Å². The minimum atomic E-state index is -2.12. The van der Waals surface area contributed by atoms with E-state index in [-0.39, 0.29) is 68.3 Å². The van der Waals surface area contributed by atoms with E-state index in [1.54, 1.807) is 0 Å². The molecule has 7 aromatic carbocycles. The van der Waals surface area contributed by atoms with E-state index < -0.39 is 160 Å². The third kappa shape index (κ3) is 12.9. The predicted octanol–water partition coefficient (Wildman–Crippen LogP) is 8.60. The van der Waals surface area contributed by atoms with Crippen molar-refractivity contribution in [3.63, 3.8) is 0 Å². The minimum absolute atomic E-state index is 0.0269. The number of likely N-dealkylation sites (N-methyl/N-ethyl adjacent to an activating group) is 1. The molecule has 7 atom stereocenters. The fourth-order valence-corrected chi connectivity index (χ4v) is 11.9. The number of halogens is 6. The second-order valence-corrected chi connectivity index (χ2v) is 23.4. The van der Waals surface area contributed by atoms with Gasteiger partial charge in [0.15, 0.2) is 34.8 Å². The first-order valence-corrected chi connectivity index (χ1v) is 28.9. The number of hydrogen-bond acceptors (Lipinski definition) is 15. The Morgan fingerprint density at radius 1 is 0.600 bits per heavy atom. The van der Waals surface area contributed by atoms with E-state index in [1.165, 1.54) is 85.9 Å². The molecule has 0 saturated carbocycles. The molecule has 0 radical (unpaired) electrons. The number of phenolic OH excluding ortho intramolecular Hbond substituents is 5. The molecule has 5 aliphatic heterocycles. The summed E-state index contributed by atoms with van der Waals surface area (Å²) in [7, 11) is 1.17. The number of fused-ring (bicyclic) bond motifs is 15. The molecule has 5 aliphatic rings. The number of anilines is 1. The summed E-state index contributed by atoms with van der Waals surface area (Å²) in [5, 5.41) is 76.8. The highest BCUT2D eigenvalue weighted by atomic mass is 35.5. The van der Waals surface area contributed by atoms with Crippen molar-refractivity contribution < 1.29 is 78.5 Å². The van der Waals surface area contributed by atoms with Gasteiger partial charge in [-0.15, -0.1) is 0 Å². The highest BCUT2D eigenvalue weighted by Gasteiger charge is 2.42. The van der Waals surface area contributed by atoms with Gasteiger partial charge in [0, 0.05) is 30.3 Å². The van der Waals surface area contributed by atoms with Crippen LogP contribution in [0.3, 0.4) is 0 Å². The molecule has 7 amide bonds. The van der Waals surface area contributed by atoms with Gasteiger partial charge in [-0.3, -0.25) is 38.4 Å². The summed E-state index contributed by atoms with van der Waals surface area (Å²) in [6, 6.07) is 12.1. The van der Waals surface area contributed by atoms with Crippen molar-refractivity contribution in [2.75, 3.05) is 12.4 Å². The number of carbonyl (C=O) groups is 9. The number of aromatic hydroxyl groups is 5. The SMILES string of the molecule is CN1C(=O)[C@@H](c2cc(Cl)c(O)c(Cl)c2)NC(=O)[C@@H]2NC(=O)[C@@H](c3cc(Cl)c(O)c(Cl)c3)NC(=O)[C@H](NC(=O)C(=O)c3cc(Cl)c(O)c(Cl)c3)C[C@H]3C(=O)Nc4cc(ccc43)-c3cc2cc(c3O)Oc2ccc(cc2)C[C@H]1C(=O)N[C@@H](C(=O)O)c1ccc(O)cc1. The molecule has 0 aromatic heterocycles. The summed E-state index contributed by atoms with van der Waals surface area (Å²) in [5.74, 6) is -15.3. The van der Waals surface area contributed by atoms with Crippen molar-refractivity contribution in [2.24, 2.45) is 0 Å². The fraction of sp³-hybridized carbons (Fsp3) is 0.164. The van der Waals surface area contributed by atoms with Gasteiger partial charge < -0.3 is 72.2 Å². The van der Waals surface area contributed by atoms with Crippen molar-refractivity contribution in [1.29, 1.82) is 0 Å².